The van der Waals surface area contributed by atoms with Crippen LogP contribution in [-0.4, -0.2) is 15.6 Å². The number of aromatic nitrogens is 2. The van der Waals surface area contributed by atoms with Crippen LogP contribution in [0, 0.1) is 0 Å². The summed E-state index contributed by atoms with van der Waals surface area (Å²) in [5, 5.41) is 6.31. The van der Waals surface area contributed by atoms with E-state index in [1.807, 2.05) is 18.4 Å². The first-order valence-corrected chi connectivity index (χ1v) is 5.79. The number of halogens is 1. The molecule has 0 spiro atoms. The Hall–Kier alpha value is -1.13. The fourth-order valence-corrected chi connectivity index (χ4v) is 2.24. The van der Waals surface area contributed by atoms with E-state index in [-0.39, 0.29) is 5.78 Å². The van der Waals surface area contributed by atoms with E-state index >= 15 is 0 Å². The molecule has 0 saturated heterocycles. The number of nitrogens with zero attached hydrogens (tertiary/aromatic N) is 2. The summed E-state index contributed by atoms with van der Waals surface area (Å²) in [5.41, 5.74) is 0.474. The summed E-state index contributed by atoms with van der Waals surface area (Å²) >= 11 is 7.34. The maximum absolute atomic E-state index is 12.0. The van der Waals surface area contributed by atoms with Crippen molar-refractivity contribution in [1.29, 1.82) is 0 Å². The van der Waals surface area contributed by atoms with Crippen LogP contribution in [0.25, 0.3) is 0 Å². The van der Waals surface area contributed by atoms with Gasteiger partial charge < -0.3 is 0 Å². The highest BCUT2D eigenvalue weighted by atomic mass is 35.5. The summed E-state index contributed by atoms with van der Waals surface area (Å²) in [7, 11) is 0. The number of hydrogen-bond acceptors (Lipinski definition) is 3. The Kier molecular flexibility index (Phi) is 2.88. The van der Waals surface area contributed by atoms with Crippen molar-refractivity contribution in [2.75, 3.05) is 0 Å². The molecule has 0 amide bonds. The Morgan fingerprint density at radius 1 is 1.67 bits per heavy atom. The van der Waals surface area contributed by atoms with Gasteiger partial charge in [0.1, 0.15) is 5.69 Å². The Bertz CT molecular complexity index is 476. The van der Waals surface area contributed by atoms with Gasteiger partial charge in [-0.15, -0.1) is 11.3 Å². The van der Waals surface area contributed by atoms with Gasteiger partial charge >= 0.3 is 0 Å². The average Bonchev–Trinajstić information content (AvgIpc) is 2.85. The van der Waals surface area contributed by atoms with E-state index < -0.39 is 0 Å². The van der Waals surface area contributed by atoms with Gasteiger partial charge in [-0.2, -0.15) is 5.10 Å². The first-order valence-electron chi connectivity index (χ1n) is 4.53. The molecule has 0 unspecified atom stereocenters. The normalized spacial score (nSPS) is 10.5. The second-order valence-electron chi connectivity index (χ2n) is 2.96. The van der Waals surface area contributed by atoms with E-state index in [1.165, 1.54) is 17.5 Å². The first-order chi connectivity index (χ1) is 7.24. The highest BCUT2D eigenvalue weighted by Gasteiger charge is 2.18. The Labute approximate surface area is 96.3 Å². The van der Waals surface area contributed by atoms with Crippen LogP contribution in [0.3, 0.4) is 0 Å². The van der Waals surface area contributed by atoms with E-state index in [0.29, 0.717) is 22.1 Å². The molecule has 0 aliphatic carbocycles. The number of carbonyl (C=O) groups is 1. The molecule has 2 aromatic rings. The second kappa shape index (κ2) is 4.16. The predicted octanol–water partition coefficient (Wildman–Crippen LogP) is 2.85. The number of aryl methyl sites for hydroxylation is 1. The monoisotopic (exact) mass is 240 g/mol. The molecule has 2 rings (SSSR count). The summed E-state index contributed by atoms with van der Waals surface area (Å²) in [5.74, 6) is -0.0608. The van der Waals surface area contributed by atoms with Crippen LogP contribution in [0.1, 0.15) is 22.3 Å². The van der Waals surface area contributed by atoms with Crippen molar-refractivity contribution in [3.05, 3.63) is 39.3 Å². The quantitative estimate of drug-likeness (QED) is 0.774. The average molecular weight is 241 g/mol. The minimum absolute atomic E-state index is 0.0608. The standard InChI is InChI=1S/C10H9ClN2OS/c1-2-13-9(7(11)6-12-13)10(14)8-4-3-5-15-8/h3-6H,2H2,1H3. The van der Waals surface area contributed by atoms with Crippen molar-refractivity contribution in [2.24, 2.45) is 0 Å². The number of ketones is 1. The number of carbonyl (C=O) groups excluding carboxylic acids is 1. The van der Waals surface area contributed by atoms with Gasteiger partial charge in [0, 0.05) is 6.54 Å². The van der Waals surface area contributed by atoms with Gasteiger partial charge in [0.25, 0.3) is 0 Å². The molecule has 2 aromatic heterocycles. The number of rotatable bonds is 3. The van der Waals surface area contributed by atoms with Crippen molar-refractivity contribution in [1.82, 2.24) is 9.78 Å². The largest absolute Gasteiger partial charge is 0.286 e. The predicted molar refractivity (Wildman–Crippen MR) is 60.7 cm³/mol. The first kappa shape index (κ1) is 10.4. The molecule has 0 aromatic carbocycles. The zero-order valence-electron chi connectivity index (χ0n) is 8.11. The Morgan fingerprint density at radius 2 is 2.47 bits per heavy atom. The van der Waals surface area contributed by atoms with Crippen LogP contribution in [0.5, 0.6) is 0 Å². The van der Waals surface area contributed by atoms with Crippen LogP contribution in [0.15, 0.2) is 23.7 Å². The smallest absolute Gasteiger partial charge is 0.222 e. The van der Waals surface area contributed by atoms with E-state index in [0.717, 1.165) is 0 Å². The minimum Gasteiger partial charge on any atom is -0.286 e. The fraction of sp³-hybridized carbons (Fsp3) is 0.200. The minimum atomic E-state index is -0.0608. The third-order valence-electron chi connectivity index (χ3n) is 2.05. The molecular formula is C10H9ClN2OS. The second-order valence-corrected chi connectivity index (χ2v) is 4.32. The Balaban J connectivity index is 2.45. The maximum Gasteiger partial charge on any atom is 0.222 e. The van der Waals surface area contributed by atoms with Gasteiger partial charge in [-0.25, -0.2) is 0 Å². The summed E-state index contributed by atoms with van der Waals surface area (Å²) in [4.78, 5) is 12.7. The molecule has 0 fully saturated rings. The highest BCUT2D eigenvalue weighted by Crippen LogP contribution is 2.21. The van der Waals surface area contributed by atoms with Crippen LogP contribution in [0.2, 0.25) is 5.02 Å². The van der Waals surface area contributed by atoms with Crippen LogP contribution in [-0.2, 0) is 6.54 Å². The summed E-state index contributed by atoms with van der Waals surface area (Å²) in [6.07, 6.45) is 1.51. The van der Waals surface area contributed by atoms with Crippen LogP contribution < -0.4 is 0 Å². The van der Waals surface area contributed by atoms with Gasteiger partial charge in [-0.1, -0.05) is 17.7 Å². The van der Waals surface area contributed by atoms with Gasteiger partial charge in [0.15, 0.2) is 0 Å². The third kappa shape index (κ3) is 1.82. The molecule has 0 bridgehead atoms. The van der Waals surface area contributed by atoms with E-state index in [2.05, 4.69) is 5.10 Å². The van der Waals surface area contributed by atoms with Crippen LogP contribution >= 0.6 is 22.9 Å². The lowest BCUT2D eigenvalue weighted by Gasteiger charge is -2.02. The topological polar surface area (TPSA) is 34.9 Å². The molecule has 0 atom stereocenters. The van der Waals surface area contributed by atoms with Crippen molar-refractivity contribution in [3.8, 4) is 0 Å². The van der Waals surface area contributed by atoms with E-state index in [1.54, 1.807) is 10.7 Å². The summed E-state index contributed by atoms with van der Waals surface area (Å²) < 4.78 is 1.62. The van der Waals surface area contributed by atoms with Crippen molar-refractivity contribution in [2.45, 2.75) is 13.5 Å². The zero-order valence-corrected chi connectivity index (χ0v) is 9.68. The van der Waals surface area contributed by atoms with Crippen molar-refractivity contribution < 1.29 is 4.79 Å². The van der Waals surface area contributed by atoms with Crippen molar-refractivity contribution in [3.63, 3.8) is 0 Å². The molecule has 0 aliphatic rings. The third-order valence-corrected chi connectivity index (χ3v) is 3.20. The molecule has 5 heteroatoms. The lowest BCUT2D eigenvalue weighted by atomic mass is 10.2. The van der Waals surface area contributed by atoms with E-state index in [9.17, 15) is 4.79 Å². The van der Waals surface area contributed by atoms with Gasteiger partial charge in [0.2, 0.25) is 5.78 Å². The molecular weight excluding hydrogens is 232 g/mol. The number of hydrogen-bond donors (Lipinski definition) is 0. The molecule has 2 heterocycles. The summed E-state index contributed by atoms with van der Waals surface area (Å²) in [6, 6.07) is 3.63. The van der Waals surface area contributed by atoms with Crippen LogP contribution in [0.4, 0.5) is 0 Å². The number of thiophene rings is 1. The van der Waals surface area contributed by atoms with Crippen molar-refractivity contribution >= 4 is 28.7 Å². The molecule has 3 nitrogen and oxygen atoms in total. The van der Waals surface area contributed by atoms with E-state index in [4.69, 9.17) is 11.6 Å². The lowest BCUT2D eigenvalue weighted by Crippen LogP contribution is -2.09. The van der Waals surface area contributed by atoms with Gasteiger partial charge in [-0.3, -0.25) is 9.48 Å². The molecule has 0 radical (unpaired) electrons. The molecule has 0 N–H and O–H groups in total. The van der Waals surface area contributed by atoms with Gasteiger partial charge in [-0.05, 0) is 18.4 Å². The zero-order chi connectivity index (χ0) is 10.8. The molecule has 15 heavy (non-hydrogen) atoms. The molecule has 0 saturated carbocycles. The lowest BCUT2D eigenvalue weighted by molar-refractivity contribution is 0.103. The molecule has 0 aliphatic heterocycles. The Morgan fingerprint density at radius 3 is 3.07 bits per heavy atom. The van der Waals surface area contributed by atoms with Gasteiger partial charge in [0.05, 0.1) is 16.1 Å². The summed E-state index contributed by atoms with van der Waals surface area (Å²) in [6.45, 7) is 2.56. The fourth-order valence-electron chi connectivity index (χ4n) is 1.35. The maximum atomic E-state index is 12.0. The SMILES string of the molecule is CCn1ncc(Cl)c1C(=O)c1cccs1. The highest BCUT2D eigenvalue weighted by molar-refractivity contribution is 7.12. The molecule has 78 valence electrons.